The molecule has 4 nitrogen and oxygen atoms in total. The fourth-order valence-corrected chi connectivity index (χ4v) is 2.39. The number of thioether (sulfide) groups is 1. The monoisotopic (exact) mass is 232 g/mol. The lowest BCUT2D eigenvalue weighted by Crippen LogP contribution is -2.48. The van der Waals surface area contributed by atoms with E-state index in [9.17, 15) is 4.79 Å². The Hall–Kier alpha value is -0.260. The topological polar surface area (TPSA) is 61.4 Å². The molecule has 0 aromatic carbocycles. The normalized spacial score (nSPS) is 24.9. The van der Waals surface area contributed by atoms with Gasteiger partial charge in [0.25, 0.3) is 0 Å². The molecule has 0 aliphatic carbocycles. The summed E-state index contributed by atoms with van der Waals surface area (Å²) in [7, 11) is 0. The van der Waals surface area contributed by atoms with Crippen molar-refractivity contribution in [2.45, 2.75) is 37.1 Å². The highest BCUT2D eigenvalue weighted by Gasteiger charge is 2.25. The van der Waals surface area contributed by atoms with Gasteiger partial charge in [0.05, 0.1) is 12.6 Å². The molecular formula is C10H20N2O2S. The fraction of sp³-hybridized carbons (Fsp3) is 0.900. The summed E-state index contributed by atoms with van der Waals surface area (Å²) in [6.07, 6.45) is 3.93. The molecule has 0 aromatic heterocycles. The van der Waals surface area contributed by atoms with Crippen molar-refractivity contribution in [3.05, 3.63) is 0 Å². The molecule has 15 heavy (non-hydrogen) atoms. The van der Waals surface area contributed by atoms with Crippen molar-refractivity contribution in [1.29, 1.82) is 0 Å². The quantitative estimate of drug-likeness (QED) is 0.623. The van der Waals surface area contributed by atoms with Gasteiger partial charge in [-0.15, -0.1) is 0 Å². The fourth-order valence-electron chi connectivity index (χ4n) is 1.76. The molecule has 0 aromatic rings. The highest BCUT2D eigenvalue weighted by molar-refractivity contribution is 7.99. The first-order valence-corrected chi connectivity index (χ1v) is 6.65. The van der Waals surface area contributed by atoms with Crippen LogP contribution >= 0.6 is 11.8 Å². The van der Waals surface area contributed by atoms with Crippen LogP contribution in [0.3, 0.4) is 0 Å². The van der Waals surface area contributed by atoms with Gasteiger partial charge in [0.1, 0.15) is 0 Å². The minimum atomic E-state index is -0.0337. The Morgan fingerprint density at radius 1 is 1.73 bits per heavy atom. The highest BCUT2D eigenvalue weighted by atomic mass is 32.2. The van der Waals surface area contributed by atoms with Crippen LogP contribution in [0.1, 0.15) is 19.8 Å². The van der Waals surface area contributed by atoms with Crippen molar-refractivity contribution in [2.24, 2.45) is 0 Å². The molecule has 2 unspecified atom stereocenters. The molecule has 0 radical (unpaired) electrons. The van der Waals surface area contributed by atoms with Crippen molar-refractivity contribution < 1.29 is 9.90 Å². The first-order chi connectivity index (χ1) is 7.19. The van der Waals surface area contributed by atoms with Gasteiger partial charge < -0.3 is 15.7 Å². The third-order valence-electron chi connectivity index (χ3n) is 2.79. The lowest BCUT2D eigenvalue weighted by Gasteiger charge is -2.23. The van der Waals surface area contributed by atoms with E-state index in [1.165, 1.54) is 0 Å². The summed E-state index contributed by atoms with van der Waals surface area (Å²) in [5.41, 5.74) is 0. The first-order valence-electron chi connectivity index (χ1n) is 5.36. The molecule has 0 spiro atoms. The van der Waals surface area contributed by atoms with Gasteiger partial charge in [-0.3, -0.25) is 4.79 Å². The molecule has 1 fully saturated rings. The van der Waals surface area contributed by atoms with Crippen molar-refractivity contribution in [3.8, 4) is 0 Å². The van der Waals surface area contributed by atoms with E-state index in [1.807, 2.05) is 13.2 Å². The smallest absolute Gasteiger partial charge is 0.237 e. The van der Waals surface area contributed by atoms with E-state index in [1.54, 1.807) is 11.8 Å². The Bertz CT molecular complexity index is 204. The summed E-state index contributed by atoms with van der Waals surface area (Å²) in [5, 5.41) is 15.3. The van der Waals surface area contributed by atoms with Crippen LogP contribution in [0.5, 0.6) is 0 Å². The Morgan fingerprint density at radius 3 is 2.93 bits per heavy atom. The first kappa shape index (κ1) is 12.8. The SMILES string of the molecule is CSC(CO)C(C)NC(=O)[C@@H]1CCCN1. The number of hydrogen-bond donors (Lipinski definition) is 3. The van der Waals surface area contributed by atoms with Crippen LogP contribution in [-0.2, 0) is 4.79 Å². The minimum Gasteiger partial charge on any atom is -0.395 e. The zero-order chi connectivity index (χ0) is 11.3. The van der Waals surface area contributed by atoms with E-state index in [4.69, 9.17) is 5.11 Å². The molecular weight excluding hydrogens is 212 g/mol. The Labute approximate surface area is 95.2 Å². The molecule has 1 heterocycles. The summed E-state index contributed by atoms with van der Waals surface area (Å²) in [6, 6.07) is -0.0199. The number of aliphatic hydroxyl groups excluding tert-OH is 1. The molecule has 1 saturated heterocycles. The molecule has 5 heteroatoms. The van der Waals surface area contributed by atoms with Crippen LogP contribution in [0.2, 0.25) is 0 Å². The molecule has 1 amide bonds. The van der Waals surface area contributed by atoms with Crippen LogP contribution in [0.25, 0.3) is 0 Å². The van der Waals surface area contributed by atoms with Crippen molar-refractivity contribution in [2.75, 3.05) is 19.4 Å². The summed E-state index contributed by atoms with van der Waals surface area (Å²) < 4.78 is 0. The lowest BCUT2D eigenvalue weighted by atomic mass is 10.2. The average Bonchev–Trinajstić information content (AvgIpc) is 2.72. The van der Waals surface area contributed by atoms with Gasteiger partial charge in [-0.2, -0.15) is 11.8 Å². The lowest BCUT2D eigenvalue weighted by molar-refractivity contribution is -0.123. The Kier molecular flexibility index (Phi) is 5.42. The van der Waals surface area contributed by atoms with E-state index in [0.717, 1.165) is 19.4 Å². The maximum Gasteiger partial charge on any atom is 0.237 e. The van der Waals surface area contributed by atoms with E-state index in [0.29, 0.717) is 0 Å². The highest BCUT2D eigenvalue weighted by Crippen LogP contribution is 2.11. The maximum absolute atomic E-state index is 11.7. The number of hydrogen-bond acceptors (Lipinski definition) is 4. The number of carbonyl (C=O) groups excluding carboxylic acids is 1. The molecule has 1 aliphatic rings. The Balaban J connectivity index is 2.35. The molecule has 0 saturated carbocycles. The predicted octanol–water partition coefficient (Wildman–Crippen LogP) is -0.0330. The van der Waals surface area contributed by atoms with Crippen LogP contribution < -0.4 is 10.6 Å². The second kappa shape index (κ2) is 6.35. The van der Waals surface area contributed by atoms with Gasteiger partial charge >= 0.3 is 0 Å². The van der Waals surface area contributed by atoms with Gasteiger partial charge in [-0.1, -0.05) is 0 Å². The van der Waals surface area contributed by atoms with Gasteiger partial charge in [0.15, 0.2) is 0 Å². The van der Waals surface area contributed by atoms with Crippen molar-refractivity contribution >= 4 is 17.7 Å². The van der Waals surface area contributed by atoms with E-state index < -0.39 is 0 Å². The summed E-state index contributed by atoms with van der Waals surface area (Å²) >= 11 is 1.58. The van der Waals surface area contributed by atoms with E-state index >= 15 is 0 Å². The molecule has 3 atom stereocenters. The zero-order valence-corrected chi connectivity index (χ0v) is 10.1. The number of aliphatic hydroxyl groups is 1. The second-order valence-electron chi connectivity index (χ2n) is 3.90. The second-order valence-corrected chi connectivity index (χ2v) is 4.98. The van der Waals surface area contributed by atoms with Crippen molar-refractivity contribution in [1.82, 2.24) is 10.6 Å². The third-order valence-corrected chi connectivity index (χ3v) is 3.95. The number of nitrogens with one attached hydrogen (secondary N) is 2. The van der Waals surface area contributed by atoms with Crippen LogP contribution in [-0.4, -0.2) is 47.8 Å². The van der Waals surface area contributed by atoms with Crippen LogP contribution in [0, 0.1) is 0 Å². The van der Waals surface area contributed by atoms with Crippen LogP contribution in [0.15, 0.2) is 0 Å². The number of carbonyl (C=O) groups is 1. The predicted molar refractivity (Wildman–Crippen MR) is 63.0 cm³/mol. The summed E-state index contributed by atoms with van der Waals surface area (Å²) in [6.45, 7) is 2.96. The largest absolute Gasteiger partial charge is 0.395 e. The number of rotatable bonds is 5. The molecule has 1 aliphatic heterocycles. The third kappa shape index (κ3) is 3.66. The Morgan fingerprint density at radius 2 is 2.47 bits per heavy atom. The van der Waals surface area contributed by atoms with Crippen molar-refractivity contribution in [3.63, 3.8) is 0 Å². The van der Waals surface area contributed by atoms with Gasteiger partial charge in [0, 0.05) is 11.3 Å². The van der Waals surface area contributed by atoms with Gasteiger partial charge in [-0.25, -0.2) is 0 Å². The van der Waals surface area contributed by atoms with Crippen LogP contribution in [0.4, 0.5) is 0 Å². The molecule has 1 rings (SSSR count). The zero-order valence-electron chi connectivity index (χ0n) is 9.32. The summed E-state index contributed by atoms with van der Waals surface area (Å²) in [5.74, 6) is 0.0625. The van der Waals surface area contributed by atoms with Gasteiger partial charge in [0.2, 0.25) is 5.91 Å². The average molecular weight is 232 g/mol. The number of amides is 1. The molecule has 3 N–H and O–H groups in total. The standard InChI is InChI=1S/C10H20N2O2S/c1-7(9(6-13)15-2)12-10(14)8-4-3-5-11-8/h7-9,11,13H,3-6H2,1-2H3,(H,12,14)/t7?,8-,9?/m0/s1. The van der Waals surface area contributed by atoms with Gasteiger partial charge in [-0.05, 0) is 32.6 Å². The molecule has 88 valence electrons. The molecule has 0 bridgehead atoms. The van der Waals surface area contributed by atoms with E-state index in [2.05, 4.69) is 10.6 Å². The minimum absolute atomic E-state index is 0.0138. The van der Waals surface area contributed by atoms with E-state index in [-0.39, 0.29) is 29.8 Å². The maximum atomic E-state index is 11.7. The summed E-state index contributed by atoms with van der Waals surface area (Å²) in [4.78, 5) is 11.7.